The van der Waals surface area contributed by atoms with Gasteiger partial charge in [0, 0.05) is 16.6 Å². The van der Waals surface area contributed by atoms with Gasteiger partial charge in [-0.2, -0.15) is 0 Å². The van der Waals surface area contributed by atoms with Crippen molar-refractivity contribution in [3.8, 4) is 10.8 Å². The standard InChI is InChI=1S/C31H31N3O4S/c1-3-38-30(35)23-10-4-6-11-25(23)32-31(36)34-19-24-22-9-5-7-13-27(22)39-29(24)33-18-8-12-26(33)28(34)20-14-16-21(37-2)17-15-20/h4,6,8,10-12,14-18,28H,3,5,7,9,13,19H2,1-2H3,(H,32,36). The Morgan fingerprint density at radius 3 is 2.59 bits per heavy atom. The molecule has 8 heteroatoms. The highest BCUT2D eigenvalue weighted by atomic mass is 32.1. The summed E-state index contributed by atoms with van der Waals surface area (Å²) in [7, 11) is 1.65. The summed E-state index contributed by atoms with van der Waals surface area (Å²) in [6.45, 7) is 2.49. The minimum atomic E-state index is -0.459. The Hall–Kier alpha value is -4.04. The molecular formula is C31H31N3O4S. The molecule has 2 amide bonds. The molecule has 200 valence electrons. The van der Waals surface area contributed by atoms with E-state index >= 15 is 0 Å². The topological polar surface area (TPSA) is 72.8 Å². The predicted octanol–water partition coefficient (Wildman–Crippen LogP) is 6.74. The summed E-state index contributed by atoms with van der Waals surface area (Å²) in [5.74, 6) is 0.300. The fourth-order valence-electron chi connectivity index (χ4n) is 5.69. The van der Waals surface area contributed by atoms with Crippen molar-refractivity contribution >= 4 is 29.0 Å². The molecule has 2 aromatic carbocycles. The van der Waals surface area contributed by atoms with Crippen LogP contribution in [-0.2, 0) is 24.1 Å². The Kier molecular flexibility index (Phi) is 6.87. The number of aromatic nitrogens is 1. The SMILES string of the molecule is CCOC(=O)c1ccccc1NC(=O)N1Cc2c(sc3c2CCCC3)-n2cccc2C1c1ccc(OC)cc1. The Balaban J connectivity index is 1.46. The maximum atomic E-state index is 14.2. The van der Waals surface area contributed by atoms with Crippen LogP contribution < -0.4 is 10.1 Å². The second-order valence-corrected chi connectivity index (χ2v) is 10.9. The number of thiophene rings is 1. The molecule has 1 unspecified atom stereocenters. The van der Waals surface area contributed by atoms with Crippen molar-refractivity contribution < 1.29 is 19.1 Å². The van der Waals surface area contributed by atoms with E-state index in [1.165, 1.54) is 27.4 Å². The lowest BCUT2D eigenvalue weighted by molar-refractivity contribution is 0.0527. The molecule has 2 aromatic heterocycles. The van der Waals surface area contributed by atoms with Gasteiger partial charge in [0.1, 0.15) is 10.8 Å². The van der Waals surface area contributed by atoms with Crippen LogP contribution >= 0.6 is 11.3 Å². The highest BCUT2D eigenvalue weighted by molar-refractivity contribution is 7.15. The highest BCUT2D eigenvalue weighted by Crippen LogP contribution is 2.44. The van der Waals surface area contributed by atoms with Crippen LogP contribution in [0.1, 0.15) is 63.4 Å². The van der Waals surface area contributed by atoms with Gasteiger partial charge in [-0.1, -0.05) is 24.3 Å². The van der Waals surface area contributed by atoms with Crippen molar-refractivity contribution in [1.82, 2.24) is 9.47 Å². The second-order valence-electron chi connectivity index (χ2n) is 9.80. The number of esters is 1. The van der Waals surface area contributed by atoms with Gasteiger partial charge >= 0.3 is 12.0 Å². The first-order valence-corrected chi connectivity index (χ1v) is 14.2. The molecule has 0 radical (unpaired) electrons. The molecule has 0 fully saturated rings. The third kappa shape index (κ3) is 4.59. The number of carbonyl (C=O) groups excluding carboxylic acids is 2. The molecule has 0 spiro atoms. The minimum Gasteiger partial charge on any atom is -0.497 e. The van der Waals surface area contributed by atoms with Gasteiger partial charge < -0.3 is 24.3 Å². The molecule has 2 aliphatic rings. The number of nitrogens with zero attached hydrogens (tertiary/aromatic N) is 2. The monoisotopic (exact) mass is 541 g/mol. The lowest BCUT2D eigenvalue weighted by Gasteiger charge is -2.31. The number of rotatable bonds is 5. The maximum Gasteiger partial charge on any atom is 0.340 e. The molecule has 4 aromatic rings. The van der Waals surface area contributed by atoms with Crippen molar-refractivity contribution in [1.29, 1.82) is 0 Å². The zero-order valence-corrected chi connectivity index (χ0v) is 22.9. The number of benzene rings is 2. The van der Waals surface area contributed by atoms with Crippen molar-refractivity contribution in [3.05, 3.63) is 99.7 Å². The van der Waals surface area contributed by atoms with Gasteiger partial charge in [-0.25, -0.2) is 9.59 Å². The van der Waals surface area contributed by atoms with Crippen LogP contribution in [0.15, 0.2) is 66.9 Å². The lowest BCUT2D eigenvalue weighted by atomic mass is 9.95. The van der Waals surface area contributed by atoms with Crippen LogP contribution in [0.3, 0.4) is 0 Å². The van der Waals surface area contributed by atoms with Crippen LogP contribution in [0.2, 0.25) is 0 Å². The number of methoxy groups -OCH3 is 1. The summed E-state index contributed by atoms with van der Waals surface area (Å²) in [6, 6.07) is 18.4. The first kappa shape index (κ1) is 25.2. The second kappa shape index (κ2) is 10.6. The van der Waals surface area contributed by atoms with Gasteiger partial charge in [-0.3, -0.25) is 0 Å². The molecule has 39 heavy (non-hydrogen) atoms. The summed E-state index contributed by atoms with van der Waals surface area (Å²) >= 11 is 1.85. The largest absolute Gasteiger partial charge is 0.497 e. The summed E-state index contributed by atoms with van der Waals surface area (Å²) in [5.41, 5.74) is 5.38. The molecule has 0 saturated heterocycles. The first-order chi connectivity index (χ1) is 19.1. The summed E-state index contributed by atoms with van der Waals surface area (Å²) in [5, 5.41) is 4.25. The van der Waals surface area contributed by atoms with Crippen LogP contribution in [0.4, 0.5) is 10.5 Å². The number of aryl methyl sites for hydroxylation is 1. The normalized spacial score (nSPS) is 15.9. The first-order valence-electron chi connectivity index (χ1n) is 13.4. The number of fused-ring (bicyclic) bond motifs is 5. The van der Waals surface area contributed by atoms with Crippen LogP contribution in [0.5, 0.6) is 5.75 Å². The van der Waals surface area contributed by atoms with Gasteiger partial charge in [0.15, 0.2) is 0 Å². The number of hydrogen-bond acceptors (Lipinski definition) is 5. The number of amides is 2. The van der Waals surface area contributed by atoms with E-state index < -0.39 is 5.97 Å². The fraction of sp³-hybridized carbons (Fsp3) is 0.290. The summed E-state index contributed by atoms with van der Waals surface area (Å²) in [4.78, 5) is 30.2. The molecule has 7 nitrogen and oxygen atoms in total. The number of nitrogens with one attached hydrogen (secondary N) is 1. The smallest absolute Gasteiger partial charge is 0.340 e. The zero-order valence-electron chi connectivity index (χ0n) is 22.1. The number of urea groups is 1. The van der Waals surface area contributed by atoms with Crippen LogP contribution in [0, 0.1) is 0 Å². The van der Waals surface area contributed by atoms with Gasteiger partial charge in [0.2, 0.25) is 0 Å². The van der Waals surface area contributed by atoms with E-state index in [0.29, 0.717) is 17.8 Å². The summed E-state index contributed by atoms with van der Waals surface area (Å²) in [6.07, 6.45) is 6.59. The average molecular weight is 542 g/mol. The number of hydrogen-bond donors (Lipinski definition) is 1. The molecule has 3 heterocycles. The number of carbonyl (C=O) groups is 2. The van der Waals surface area contributed by atoms with E-state index in [1.54, 1.807) is 38.3 Å². The Morgan fingerprint density at radius 2 is 1.79 bits per heavy atom. The third-order valence-corrected chi connectivity index (χ3v) is 8.87. The van der Waals surface area contributed by atoms with Gasteiger partial charge in [0.25, 0.3) is 0 Å². The van der Waals surface area contributed by atoms with Crippen molar-refractivity contribution in [2.75, 3.05) is 19.0 Å². The van der Waals surface area contributed by atoms with Crippen molar-refractivity contribution in [3.63, 3.8) is 0 Å². The van der Waals surface area contributed by atoms with Gasteiger partial charge in [-0.15, -0.1) is 11.3 Å². The number of anilines is 1. The van der Waals surface area contributed by atoms with Gasteiger partial charge in [-0.05, 0) is 80.1 Å². The lowest BCUT2D eigenvalue weighted by Crippen LogP contribution is -2.38. The molecule has 1 atom stereocenters. The van der Waals surface area contributed by atoms with Crippen LogP contribution in [0.25, 0.3) is 5.00 Å². The molecule has 1 aliphatic heterocycles. The average Bonchev–Trinajstić information content (AvgIpc) is 3.55. The number of ether oxygens (including phenoxy) is 2. The highest BCUT2D eigenvalue weighted by Gasteiger charge is 2.36. The van der Waals surface area contributed by atoms with E-state index in [2.05, 4.69) is 22.1 Å². The predicted molar refractivity (Wildman–Crippen MR) is 152 cm³/mol. The Bertz CT molecular complexity index is 1520. The van der Waals surface area contributed by atoms with E-state index in [-0.39, 0.29) is 18.7 Å². The van der Waals surface area contributed by atoms with Gasteiger partial charge in [0.05, 0.1) is 43.2 Å². The van der Waals surface area contributed by atoms with E-state index in [4.69, 9.17) is 9.47 Å². The molecule has 0 bridgehead atoms. The quantitative estimate of drug-likeness (QED) is 0.284. The fourth-order valence-corrected chi connectivity index (χ4v) is 7.09. The maximum absolute atomic E-state index is 14.2. The van der Waals surface area contributed by atoms with Crippen molar-refractivity contribution in [2.24, 2.45) is 0 Å². The molecule has 6 rings (SSSR count). The zero-order chi connectivity index (χ0) is 26.9. The van der Waals surface area contributed by atoms with E-state index in [1.807, 2.05) is 46.6 Å². The Labute approximate surface area is 232 Å². The molecule has 1 aliphatic carbocycles. The molecule has 0 saturated carbocycles. The number of para-hydroxylation sites is 1. The summed E-state index contributed by atoms with van der Waals surface area (Å²) < 4.78 is 12.9. The molecule has 1 N–H and O–H groups in total. The van der Waals surface area contributed by atoms with Crippen LogP contribution in [-0.4, -0.2) is 35.2 Å². The van der Waals surface area contributed by atoms with E-state index in [9.17, 15) is 9.59 Å². The van der Waals surface area contributed by atoms with E-state index in [0.717, 1.165) is 36.3 Å². The third-order valence-electron chi connectivity index (χ3n) is 7.54. The molecular weight excluding hydrogens is 510 g/mol. The van der Waals surface area contributed by atoms with Crippen molar-refractivity contribution in [2.45, 2.75) is 45.2 Å². The Morgan fingerprint density at radius 1 is 1.00 bits per heavy atom. The minimum absolute atomic E-state index is 0.260.